The fourth-order valence-corrected chi connectivity index (χ4v) is 2.43. The van der Waals surface area contributed by atoms with E-state index in [2.05, 4.69) is 23.4 Å². The van der Waals surface area contributed by atoms with Gasteiger partial charge < -0.3 is 5.32 Å². The molecule has 0 radical (unpaired) electrons. The zero-order chi connectivity index (χ0) is 14.0. The second kappa shape index (κ2) is 5.85. The lowest BCUT2D eigenvalue weighted by atomic mass is 10.2. The van der Waals surface area contributed by atoms with Gasteiger partial charge in [-0.25, -0.2) is 0 Å². The number of rotatable bonds is 4. The lowest BCUT2D eigenvalue weighted by Crippen LogP contribution is -2.08. The summed E-state index contributed by atoms with van der Waals surface area (Å²) >= 11 is 12.3. The van der Waals surface area contributed by atoms with Crippen LogP contribution in [0.3, 0.4) is 0 Å². The standard InChI is InChI=1S/C14H17Cl2N3/c1-4-19-11(6-10(3)18-19)8-17-14-7-12(15)9(2)5-13(14)16/h5-7,17H,4,8H2,1-3H3. The highest BCUT2D eigenvalue weighted by atomic mass is 35.5. The molecule has 0 saturated carbocycles. The van der Waals surface area contributed by atoms with Crippen molar-refractivity contribution in [2.75, 3.05) is 5.32 Å². The molecule has 5 heteroatoms. The van der Waals surface area contributed by atoms with E-state index < -0.39 is 0 Å². The number of nitrogens with zero attached hydrogens (tertiary/aromatic N) is 2. The Balaban J connectivity index is 2.16. The minimum Gasteiger partial charge on any atom is -0.378 e. The van der Waals surface area contributed by atoms with E-state index in [9.17, 15) is 0 Å². The highest BCUT2D eigenvalue weighted by molar-refractivity contribution is 6.35. The molecule has 0 aliphatic rings. The molecular weight excluding hydrogens is 281 g/mol. The van der Waals surface area contributed by atoms with Gasteiger partial charge in [-0.05, 0) is 44.5 Å². The summed E-state index contributed by atoms with van der Waals surface area (Å²) < 4.78 is 1.98. The summed E-state index contributed by atoms with van der Waals surface area (Å²) in [7, 11) is 0. The predicted octanol–water partition coefficient (Wildman–Crippen LogP) is 4.44. The Bertz CT molecular complexity index is 591. The second-order valence-corrected chi connectivity index (χ2v) is 5.34. The number of halogens is 2. The summed E-state index contributed by atoms with van der Waals surface area (Å²) in [5.74, 6) is 0. The van der Waals surface area contributed by atoms with Crippen molar-refractivity contribution < 1.29 is 0 Å². The monoisotopic (exact) mass is 297 g/mol. The molecule has 0 amide bonds. The van der Waals surface area contributed by atoms with Crippen LogP contribution >= 0.6 is 23.2 Å². The van der Waals surface area contributed by atoms with Gasteiger partial charge in [0.25, 0.3) is 0 Å². The van der Waals surface area contributed by atoms with Gasteiger partial charge in [-0.2, -0.15) is 5.10 Å². The molecule has 0 aliphatic carbocycles. The Morgan fingerprint density at radius 2 is 1.89 bits per heavy atom. The van der Waals surface area contributed by atoms with E-state index in [0.29, 0.717) is 16.6 Å². The van der Waals surface area contributed by atoms with Crippen LogP contribution in [0.4, 0.5) is 5.69 Å². The molecule has 1 heterocycles. The first-order chi connectivity index (χ1) is 9.01. The van der Waals surface area contributed by atoms with Crippen molar-refractivity contribution in [1.82, 2.24) is 9.78 Å². The zero-order valence-electron chi connectivity index (χ0n) is 11.3. The van der Waals surface area contributed by atoms with E-state index in [0.717, 1.165) is 29.2 Å². The van der Waals surface area contributed by atoms with Crippen LogP contribution in [0.15, 0.2) is 18.2 Å². The van der Waals surface area contributed by atoms with Gasteiger partial charge in [0.05, 0.1) is 28.6 Å². The highest BCUT2D eigenvalue weighted by Gasteiger charge is 2.07. The number of anilines is 1. The maximum Gasteiger partial charge on any atom is 0.0641 e. The fourth-order valence-electron chi connectivity index (χ4n) is 1.98. The number of aromatic nitrogens is 2. The first-order valence-electron chi connectivity index (χ1n) is 6.24. The molecule has 102 valence electrons. The smallest absolute Gasteiger partial charge is 0.0641 e. The van der Waals surface area contributed by atoms with Crippen LogP contribution in [-0.4, -0.2) is 9.78 Å². The molecule has 0 saturated heterocycles. The fraction of sp³-hybridized carbons (Fsp3) is 0.357. The summed E-state index contributed by atoms with van der Waals surface area (Å²) in [6, 6.07) is 5.80. The molecule has 0 aliphatic heterocycles. The van der Waals surface area contributed by atoms with Gasteiger partial charge in [0, 0.05) is 11.6 Å². The lowest BCUT2D eigenvalue weighted by Gasteiger charge is -2.11. The van der Waals surface area contributed by atoms with E-state index in [1.165, 1.54) is 0 Å². The number of hydrogen-bond acceptors (Lipinski definition) is 2. The molecule has 2 aromatic rings. The molecule has 0 spiro atoms. The third-order valence-corrected chi connectivity index (χ3v) is 3.71. The van der Waals surface area contributed by atoms with Crippen molar-refractivity contribution in [3.63, 3.8) is 0 Å². The third-order valence-electron chi connectivity index (χ3n) is 2.99. The van der Waals surface area contributed by atoms with Gasteiger partial charge in [-0.1, -0.05) is 23.2 Å². The number of benzene rings is 1. The Morgan fingerprint density at radius 1 is 1.16 bits per heavy atom. The Kier molecular flexibility index (Phi) is 4.38. The molecule has 1 aromatic carbocycles. The van der Waals surface area contributed by atoms with Crippen molar-refractivity contribution in [2.24, 2.45) is 0 Å². The van der Waals surface area contributed by atoms with E-state index in [1.807, 2.05) is 30.7 Å². The zero-order valence-corrected chi connectivity index (χ0v) is 12.8. The minimum atomic E-state index is 0.674. The van der Waals surface area contributed by atoms with Gasteiger partial charge in [-0.3, -0.25) is 4.68 Å². The van der Waals surface area contributed by atoms with Crippen molar-refractivity contribution in [1.29, 1.82) is 0 Å². The van der Waals surface area contributed by atoms with Gasteiger partial charge in [0.1, 0.15) is 0 Å². The van der Waals surface area contributed by atoms with Crippen LogP contribution < -0.4 is 5.32 Å². The van der Waals surface area contributed by atoms with Crippen LogP contribution in [0.1, 0.15) is 23.9 Å². The maximum absolute atomic E-state index is 6.20. The molecule has 1 N–H and O–H groups in total. The van der Waals surface area contributed by atoms with Crippen LogP contribution in [0.2, 0.25) is 10.0 Å². The first kappa shape index (κ1) is 14.2. The summed E-state index contributed by atoms with van der Waals surface area (Å²) in [4.78, 5) is 0. The minimum absolute atomic E-state index is 0.674. The van der Waals surface area contributed by atoms with Crippen molar-refractivity contribution in [2.45, 2.75) is 33.9 Å². The van der Waals surface area contributed by atoms with E-state index in [1.54, 1.807) is 0 Å². The summed E-state index contributed by atoms with van der Waals surface area (Å²) in [5.41, 5.74) is 3.98. The van der Waals surface area contributed by atoms with Crippen LogP contribution in [0, 0.1) is 13.8 Å². The second-order valence-electron chi connectivity index (χ2n) is 4.53. The molecular formula is C14H17Cl2N3. The highest BCUT2D eigenvalue weighted by Crippen LogP contribution is 2.29. The van der Waals surface area contributed by atoms with Gasteiger partial charge in [0.15, 0.2) is 0 Å². The molecule has 0 bridgehead atoms. The van der Waals surface area contributed by atoms with Crippen LogP contribution in [0.5, 0.6) is 0 Å². The number of nitrogens with one attached hydrogen (secondary N) is 1. The van der Waals surface area contributed by atoms with Gasteiger partial charge in [-0.15, -0.1) is 0 Å². The summed E-state index contributed by atoms with van der Waals surface area (Å²) in [6.07, 6.45) is 0. The molecule has 19 heavy (non-hydrogen) atoms. The third kappa shape index (κ3) is 3.23. The normalized spacial score (nSPS) is 10.8. The largest absolute Gasteiger partial charge is 0.378 e. The molecule has 1 aromatic heterocycles. The Hall–Kier alpha value is -1.19. The molecule has 0 unspecified atom stereocenters. The van der Waals surface area contributed by atoms with Crippen LogP contribution in [0.25, 0.3) is 0 Å². The van der Waals surface area contributed by atoms with Gasteiger partial charge >= 0.3 is 0 Å². The van der Waals surface area contributed by atoms with Gasteiger partial charge in [0.2, 0.25) is 0 Å². The first-order valence-corrected chi connectivity index (χ1v) is 6.99. The van der Waals surface area contributed by atoms with Crippen molar-refractivity contribution >= 4 is 28.9 Å². The molecule has 2 rings (SSSR count). The Morgan fingerprint density at radius 3 is 2.58 bits per heavy atom. The summed E-state index contributed by atoms with van der Waals surface area (Å²) in [5, 5.41) is 9.12. The summed E-state index contributed by atoms with van der Waals surface area (Å²) in [6.45, 7) is 7.53. The topological polar surface area (TPSA) is 29.9 Å². The van der Waals surface area contributed by atoms with E-state index >= 15 is 0 Å². The quantitative estimate of drug-likeness (QED) is 0.904. The molecule has 0 fully saturated rings. The van der Waals surface area contributed by atoms with Crippen LogP contribution in [-0.2, 0) is 13.1 Å². The average Bonchev–Trinajstić information content (AvgIpc) is 2.72. The lowest BCUT2D eigenvalue weighted by molar-refractivity contribution is 0.623. The Labute approximate surface area is 123 Å². The van der Waals surface area contributed by atoms with E-state index in [-0.39, 0.29) is 0 Å². The molecule has 3 nitrogen and oxygen atoms in total. The van der Waals surface area contributed by atoms with Crippen molar-refractivity contribution in [3.05, 3.63) is 45.2 Å². The van der Waals surface area contributed by atoms with E-state index in [4.69, 9.17) is 23.2 Å². The number of aryl methyl sites for hydroxylation is 3. The maximum atomic E-state index is 6.20. The average molecular weight is 298 g/mol. The molecule has 0 atom stereocenters. The predicted molar refractivity (Wildman–Crippen MR) is 81.2 cm³/mol. The van der Waals surface area contributed by atoms with Crippen molar-refractivity contribution in [3.8, 4) is 0 Å². The SMILES string of the molecule is CCn1nc(C)cc1CNc1cc(Cl)c(C)cc1Cl. The number of hydrogen-bond donors (Lipinski definition) is 1.